The monoisotopic (exact) mass is 267 g/mol. The molecule has 1 heterocycles. The van der Waals surface area contributed by atoms with Gasteiger partial charge in [-0.1, -0.05) is 25.8 Å². The third-order valence-electron chi connectivity index (χ3n) is 3.79. The van der Waals surface area contributed by atoms with Crippen LogP contribution in [0.2, 0.25) is 0 Å². The molecule has 1 saturated carbocycles. The number of nitrogens with one attached hydrogen (secondary N) is 1. The van der Waals surface area contributed by atoms with Crippen LogP contribution in [0.1, 0.15) is 49.9 Å². The van der Waals surface area contributed by atoms with E-state index in [1.165, 1.54) is 25.7 Å². The van der Waals surface area contributed by atoms with Crippen LogP contribution in [0.4, 0.5) is 0 Å². The highest BCUT2D eigenvalue weighted by Gasteiger charge is 2.26. The second-order valence-electron chi connectivity index (χ2n) is 5.20. The number of hydrogen-bond donors (Lipinski definition) is 2. The van der Waals surface area contributed by atoms with Crippen molar-refractivity contribution in [2.75, 3.05) is 0 Å². The third kappa shape index (κ3) is 3.56. The molecule has 0 spiro atoms. The highest BCUT2D eigenvalue weighted by atomic mass is 32.1. The van der Waals surface area contributed by atoms with Gasteiger partial charge in [0.25, 0.3) is 0 Å². The van der Waals surface area contributed by atoms with Crippen molar-refractivity contribution in [1.82, 2.24) is 5.32 Å². The van der Waals surface area contributed by atoms with Gasteiger partial charge in [0.05, 0.1) is 12.5 Å². The zero-order valence-corrected chi connectivity index (χ0v) is 11.6. The molecule has 4 heteroatoms. The Labute approximate surface area is 112 Å². The van der Waals surface area contributed by atoms with Gasteiger partial charge in [-0.25, -0.2) is 0 Å². The van der Waals surface area contributed by atoms with Gasteiger partial charge < -0.3 is 10.4 Å². The largest absolute Gasteiger partial charge is 0.481 e. The summed E-state index contributed by atoms with van der Waals surface area (Å²) in [5.41, 5.74) is 0. The SMILES string of the molecule is CC1CCCCC1NC(CC(=O)O)c1cccs1. The highest BCUT2D eigenvalue weighted by molar-refractivity contribution is 7.10. The molecule has 1 aliphatic carbocycles. The molecule has 0 radical (unpaired) electrons. The molecule has 0 aliphatic heterocycles. The zero-order valence-electron chi connectivity index (χ0n) is 10.8. The summed E-state index contributed by atoms with van der Waals surface area (Å²) in [5.74, 6) is -0.0839. The third-order valence-corrected chi connectivity index (χ3v) is 4.78. The van der Waals surface area contributed by atoms with Crippen LogP contribution in [0, 0.1) is 5.92 Å². The van der Waals surface area contributed by atoms with Gasteiger partial charge in [0.2, 0.25) is 0 Å². The number of carboxylic acids is 1. The van der Waals surface area contributed by atoms with E-state index < -0.39 is 5.97 Å². The molecule has 2 N–H and O–H groups in total. The molecule has 3 unspecified atom stereocenters. The first kappa shape index (κ1) is 13.6. The Kier molecular flexibility index (Phi) is 4.78. The Morgan fingerprint density at radius 1 is 1.56 bits per heavy atom. The molecule has 2 rings (SSSR count). The van der Waals surface area contributed by atoms with Crippen LogP contribution in [-0.2, 0) is 4.79 Å². The van der Waals surface area contributed by atoms with E-state index in [0.29, 0.717) is 12.0 Å². The van der Waals surface area contributed by atoms with Crippen LogP contribution in [0.3, 0.4) is 0 Å². The fraction of sp³-hybridized carbons (Fsp3) is 0.643. The summed E-state index contributed by atoms with van der Waals surface area (Å²) in [4.78, 5) is 12.1. The van der Waals surface area contributed by atoms with Crippen molar-refractivity contribution in [2.45, 2.75) is 51.1 Å². The molecule has 0 aromatic carbocycles. The van der Waals surface area contributed by atoms with Gasteiger partial charge in [-0.05, 0) is 30.2 Å². The Bertz CT molecular complexity index is 377. The molecular weight excluding hydrogens is 246 g/mol. The first-order valence-corrected chi connectivity index (χ1v) is 7.56. The summed E-state index contributed by atoms with van der Waals surface area (Å²) in [5, 5.41) is 14.6. The Morgan fingerprint density at radius 3 is 2.94 bits per heavy atom. The average Bonchev–Trinajstić information content (AvgIpc) is 2.84. The molecule has 1 aromatic heterocycles. The minimum Gasteiger partial charge on any atom is -0.481 e. The number of rotatable bonds is 5. The van der Waals surface area contributed by atoms with Gasteiger partial charge in [-0.15, -0.1) is 11.3 Å². The minimum atomic E-state index is -0.732. The Hall–Kier alpha value is -0.870. The van der Waals surface area contributed by atoms with E-state index in [4.69, 9.17) is 5.11 Å². The van der Waals surface area contributed by atoms with Gasteiger partial charge in [0.15, 0.2) is 0 Å². The van der Waals surface area contributed by atoms with Gasteiger partial charge in [0.1, 0.15) is 0 Å². The first-order valence-electron chi connectivity index (χ1n) is 6.68. The van der Waals surface area contributed by atoms with Gasteiger partial charge in [-0.3, -0.25) is 4.79 Å². The van der Waals surface area contributed by atoms with E-state index in [9.17, 15) is 4.79 Å². The molecule has 0 amide bonds. The summed E-state index contributed by atoms with van der Waals surface area (Å²) in [7, 11) is 0. The lowest BCUT2D eigenvalue weighted by molar-refractivity contribution is -0.137. The summed E-state index contributed by atoms with van der Waals surface area (Å²) < 4.78 is 0. The standard InChI is InChI=1S/C14H21NO2S/c1-10-5-2-3-6-11(10)15-12(9-14(16)17)13-7-4-8-18-13/h4,7-8,10-12,15H,2-3,5-6,9H2,1H3,(H,16,17). The van der Waals surface area contributed by atoms with Crippen LogP contribution in [-0.4, -0.2) is 17.1 Å². The quantitative estimate of drug-likeness (QED) is 0.859. The van der Waals surface area contributed by atoms with Crippen LogP contribution < -0.4 is 5.32 Å². The topological polar surface area (TPSA) is 49.3 Å². The number of aliphatic carboxylic acids is 1. The highest BCUT2D eigenvalue weighted by Crippen LogP contribution is 2.29. The van der Waals surface area contributed by atoms with E-state index in [-0.39, 0.29) is 12.5 Å². The lowest BCUT2D eigenvalue weighted by Crippen LogP contribution is -2.40. The lowest BCUT2D eigenvalue weighted by Gasteiger charge is -2.32. The van der Waals surface area contributed by atoms with Crippen LogP contribution in [0.5, 0.6) is 0 Å². The maximum atomic E-state index is 11.0. The van der Waals surface area contributed by atoms with E-state index in [1.807, 2.05) is 17.5 Å². The van der Waals surface area contributed by atoms with Crippen LogP contribution >= 0.6 is 11.3 Å². The van der Waals surface area contributed by atoms with E-state index in [0.717, 1.165) is 4.88 Å². The van der Waals surface area contributed by atoms with Gasteiger partial charge >= 0.3 is 5.97 Å². The second-order valence-corrected chi connectivity index (χ2v) is 6.18. The smallest absolute Gasteiger partial charge is 0.305 e. The number of thiophene rings is 1. The van der Waals surface area contributed by atoms with Crippen LogP contribution in [0.25, 0.3) is 0 Å². The molecule has 1 aliphatic rings. The van der Waals surface area contributed by atoms with Crippen molar-refractivity contribution in [1.29, 1.82) is 0 Å². The Balaban J connectivity index is 2.02. The number of carbonyl (C=O) groups is 1. The lowest BCUT2D eigenvalue weighted by atomic mass is 9.85. The van der Waals surface area contributed by atoms with Gasteiger partial charge in [-0.2, -0.15) is 0 Å². The molecule has 1 aromatic rings. The van der Waals surface area contributed by atoms with Crippen molar-refractivity contribution >= 4 is 17.3 Å². The number of carboxylic acid groups (broad SMARTS) is 1. The van der Waals surface area contributed by atoms with Crippen molar-refractivity contribution in [2.24, 2.45) is 5.92 Å². The van der Waals surface area contributed by atoms with Crippen molar-refractivity contribution in [3.05, 3.63) is 22.4 Å². The fourth-order valence-electron chi connectivity index (χ4n) is 2.73. The fourth-order valence-corrected chi connectivity index (χ4v) is 3.52. The van der Waals surface area contributed by atoms with Crippen LogP contribution in [0.15, 0.2) is 17.5 Å². The van der Waals surface area contributed by atoms with E-state index in [1.54, 1.807) is 11.3 Å². The molecule has 3 atom stereocenters. The molecular formula is C14H21NO2S. The van der Waals surface area contributed by atoms with Crippen molar-refractivity contribution < 1.29 is 9.90 Å². The van der Waals surface area contributed by atoms with E-state index >= 15 is 0 Å². The van der Waals surface area contributed by atoms with E-state index in [2.05, 4.69) is 12.2 Å². The minimum absolute atomic E-state index is 0.0342. The summed E-state index contributed by atoms with van der Waals surface area (Å²) >= 11 is 1.64. The normalized spacial score (nSPS) is 25.8. The molecule has 3 nitrogen and oxygen atoms in total. The maximum absolute atomic E-state index is 11.0. The molecule has 0 bridgehead atoms. The molecule has 100 valence electrons. The van der Waals surface area contributed by atoms with Crippen molar-refractivity contribution in [3.8, 4) is 0 Å². The van der Waals surface area contributed by atoms with Gasteiger partial charge in [0, 0.05) is 10.9 Å². The molecule has 18 heavy (non-hydrogen) atoms. The molecule has 0 saturated heterocycles. The summed E-state index contributed by atoms with van der Waals surface area (Å²) in [6, 6.07) is 4.44. The second kappa shape index (κ2) is 6.34. The predicted octanol–water partition coefficient (Wildman–Crippen LogP) is 3.43. The van der Waals surface area contributed by atoms with Crippen molar-refractivity contribution in [3.63, 3.8) is 0 Å². The Morgan fingerprint density at radius 2 is 2.33 bits per heavy atom. The number of hydrogen-bond acceptors (Lipinski definition) is 3. The predicted molar refractivity (Wildman–Crippen MR) is 73.9 cm³/mol. The summed E-state index contributed by atoms with van der Waals surface area (Å²) in [6.07, 6.45) is 5.16. The summed E-state index contributed by atoms with van der Waals surface area (Å²) in [6.45, 7) is 2.27. The maximum Gasteiger partial charge on any atom is 0.305 e. The first-order chi connectivity index (χ1) is 8.66. The molecule has 1 fully saturated rings. The zero-order chi connectivity index (χ0) is 13.0. The average molecular weight is 267 g/mol.